The van der Waals surface area contributed by atoms with Crippen LogP contribution in [0.2, 0.25) is 10.0 Å². The van der Waals surface area contributed by atoms with E-state index in [0.717, 1.165) is 16.3 Å². The molecule has 3 N–H and O–H groups in total. The Morgan fingerprint density at radius 2 is 1.75 bits per heavy atom. The van der Waals surface area contributed by atoms with Gasteiger partial charge in [-0.3, -0.25) is 15.0 Å². The van der Waals surface area contributed by atoms with E-state index in [4.69, 9.17) is 47.5 Å². The second kappa shape index (κ2) is 15.4. The number of hydrogen-bond donors (Lipinski definition) is 3. The van der Waals surface area contributed by atoms with Crippen LogP contribution in [0.3, 0.4) is 0 Å². The van der Waals surface area contributed by atoms with E-state index in [1.165, 1.54) is 0 Å². The molecule has 0 bridgehead atoms. The van der Waals surface area contributed by atoms with E-state index in [0.29, 0.717) is 41.5 Å². The Labute approximate surface area is 290 Å². The molecule has 4 aromatic carbocycles. The van der Waals surface area contributed by atoms with Gasteiger partial charge in [-0.05, 0) is 79.9 Å². The molecule has 0 aromatic heterocycles. The number of nitrogens with one attached hydrogen (secondary N) is 2. The van der Waals surface area contributed by atoms with Crippen LogP contribution in [0.15, 0.2) is 89.9 Å². The molecule has 0 fully saturated rings. The number of aliphatic hydroxyl groups is 1. The first kappa shape index (κ1) is 35.2. The number of aliphatic hydroxyl groups excluding tert-OH is 1. The lowest BCUT2D eigenvalue weighted by Gasteiger charge is -2.31. The molecule has 1 aliphatic rings. The van der Waals surface area contributed by atoms with Gasteiger partial charge in [0, 0.05) is 47.2 Å². The fourth-order valence-electron chi connectivity index (χ4n) is 5.52. The second-order valence-corrected chi connectivity index (χ2v) is 13.3. The van der Waals surface area contributed by atoms with Crippen molar-refractivity contribution in [2.75, 3.05) is 13.2 Å². The maximum Gasteiger partial charge on any atom is 0.306 e. The zero-order chi connectivity index (χ0) is 34.3. The summed E-state index contributed by atoms with van der Waals surface area (Å²) in [7, 11) is 0. The van der Waals surface area contributed by atoms with Crippen molar-refractivity contribution in [1.82, 2.24) is 10.9 Å². The van der Waals surface area contributed by atoms with E-state index < -0.39 is 29.1 Å². The first-order chi connectivity index (χ1) is 23.0. The van der Waals surface area contributed by atoms with Gasteiger partial charge in [0.25, 0.3) is 5.91 Å². The minimum atomic E-state index is -1.63. The number of ether oxygens (including phenoxy) is 3. The number of hydrazine groups is 1. The standard InChI is InChI=1S/C37H39Cl2N3O6/c1-36(2,3)48-32(44)18-19-37(35(45)42-40-23-26-10-6-9-24-8-4-5-11-29(24)26)33(30-17-14-27(38)22-31(30)39)47-34(41-37)25-12-15-28(16-13-25)46-21-7-20-43/h4-6,8-17,22,33,40,43H,7,18-21,23H2,1-3H3,(H,42,45)/t33-,37-/m0/s1. The monoisotopic (exact) mass is 691 g/mol. The SMILES string of the molecule is CC(C)(C)OC(=O)CC[C@]1(C(=O)NNCc2cccc3ccccc23)N=C(c2ccc(OCCCO)cc2)O[C@H]1c1ccc(Cl)cc1Cl. The summed E-state index contributed by atoms with van der Waals surface area (Å²) in [4.78, 5) is 32.4. The molecule has 252 valence electrons. The van der Waals surface area contributed by atoms with E-state index in [9.17, 15) is 9.59 Å². The third-order valence-corrected chi connectivity index (χ3v) is 8.33. The van der Waals surface area contributed by atoms with Crippen LogP contribution in [-0.4, -0.2) is 47.2 Å². The molecular formula is C37H39Cl2N3O6. The summed E-state index contributed by atoms with van der Waals surface area (Å²) in [5.74, 6) is -0.190. The molecule has 0 spiro atoms. The quantitative estimate of drug-likeness (QED) is 0.0777. The van der Waals surface area contributed by atoms with Gasteiger partial charge in [-0.1, -0.05) is 71.7 Å². The lowest BCUT2D eigenvalue weighted by atomic mass is 9.83. The van der Waals surface area contributed by atoms with Crippen molar-refractivity contribution in [1.29, 1.82) is 0 Å². The molecular weight excluding hydrogens is 653 g/mol. The number of benzene rings is 4. The Morgan fingerprint density at radius 1 is 1.00 bits per heavy atom. The minimum absolute atomic E-state index is 0.0294. The number of fused-ring (bicyclic) bond motifs is 1. The molecule has 2 atom stereocenters. The van der Waals surface area contributed by atoms with E-state index in [1.807, 2.05) is 42.5 Å². The molecule has 0 aliphatic carbocycles. The molecule has 0 saturated carbocycles. The second-order valence-electron chi connectivity index (χ2n) is 12.5. The van der Waals surface area contributed by atoms with E-state index in [2.05, 4.69) is 10.9 Å². The zero-order valence-electron chi connectivity index (χ0n) is 27.1. The average Bonchev–Trinajstić information content (AvgIpc) is 3.44. The molecule has 0 saturated heterocycles. The van der Waals surface area contributed by atoms with Crippen LogP contribution in [0.4, 0.5) is 0 Å². The fraction of sp³-hybridized carbons (Fsp3) is 0.324. The maximum absolute atomic E-state index is 14.4. The fourth-order valence-corrected chi connectivity index (χ4v) is 6.03. The van der Waals surface area contributed by atoms with Crippen LogP contribution in [-0.2, 0) is 25.6 Å². The molecule has 11 heteroatoms. The number of halogens is 2. The number of carbonyl (C=O) groups excluding carboxylic acids is 2. The highest BCUT2D eigenvalue weighted by Crippen LogP contribution is 2.45. The first-order valence-electron chi connectivity index (χ1n) is 15.8. The number of amides is 1. The number of carbonyl (C=O) groups is 2. The number of aliphatic imine (C=N–C) groups is 1. The molecule has 48 heavy (non-hydrogen) atoms. The molecule has 1 aliphatic heterocycles. The summed E-state index contributed by atoms with van der Waals surface area (Å²) in [5.41, 5.74) is 5.64. The molecule has 9 nitrogen and oxygen atoms in total. The lowest BCUT2D eigenvalue weighted by molar-refractivity contribution is -0.155. The number of hydrogen-bond acceptors (Lipinski definition) is 8. The third-order valence-electron chi connectivity index (χ3n) is 7.77. The van der Waals surface area contributed by atoms with Gasteiger partial charge in [-0.2, -0.15) is 0 Å². The van der Waals surface area contributed by atoms with E-state index in [1.54, 1.807) is 63.2 Å². The van der Waals surface area contributed by atoms with Crippen molar-refractivity contribution in [2.45, 2.75) is 63.8 Å². The van der Waals surface area contributed by atoms with Crippen LogP contribution in [0.1, 0.15) is 62.8 Å². The van der Waals surface area contributed by atoms with Gasteiger partial charge >= 0.3 is 5.97 Å². The Hall–Kier alpha value is -4.15. The minimum Gasteiger partial charge on any atom is -0.494 e. The van der Waals surface area contributed by atoms with Gasteiger partial charge < -0.3 is 19.3 Å². The predicted molar refractivity (Wildman–Crippen MR) is 187 cm³/mol. The average molecular weight is 693 g/mol. The highest BCUT2D eigenvalue weighted by atomic mass is 35.5. The summed E-state index contributed by atoms with van der Waals surface area (Å²) in [6, 6.07) is 26.0. The van der Waals surface area contributed by atoms with Gasteiger partial charge in [0.2, 0.25) is 5.90 Å². The summed E-state index contributed by atoms with van der Waals surface area (Å²) < 4.78 is 17.8. The van der Waals surface area contributed by atoms with Gasteiger partial charge in [0.1, 0.15) is 11.4 Å². The van der Waals surface area contributed by atoms with Gasteiger partial charge in [0.15, 0.2) is 11.6 Å². The third kappa shape index (κ3) is 8.46. The summed E-state index contributed by atoms with van der Waals surface area (Å²) in [5, 5.41) is 11.9. The van der Waals surface area contributed by atoms with Crippen LogP contribution in [0.5, 0.6) is 5.75 Å². The van der Waals surface area contributed by atoms with Crippen LogP contribution in [0, 0.1) is 0 Å². The molecule has 5 rings (SSSR count). The van der Waals surface area contributed by atoms with Crippen molar-refractivity contribution in [3.05, 3.63) is 112 Å². The Balaban J connectivity index is 1.50. The number of rotatable bonds is 13. The Kier molecular flexibility index (Phi) is 11.3. The number of nitrogens with zero attached hydrogens (tertiary/aromatic N) is 1. The van der Waals surface area contributed by atoms with Gasteiger partial charge in [0.05, 0.1) is 6.61 Å². The van der Waals surface area contributed by atoms with E-state index in [-0.39, 0.29) is 30.4 Å². The highest BCUT2D eigenvalue weighted by Gasteiger charge is 2.54. The smallest absolute Gasteiger partial charge is 0.306 e. The van der Waals surface area contributed by atoms with Crippen LogP contribution in [0.25, 0.3) is 10.8 Å². The Morgan fingerprint density at radius 3 is 2.48 bits per heavy atom. The zero-order valence-corrected chi connectivity index (χ0v) is 28.6. The molecule has 1 amide bonds. The summed E-state index contributed by atoms with van der Waals surface area (Å²) in [6.07, 6.45) is -0.669. The van der Waals surface area contributed by atoms with Crippen molar-refractivity contribution in [3.63, 3.8) is 0 Å². The van der Waals surface area contributed by atoms with Crippen LogP contribution >= 0.6 is 23.2 Å². The lowest BCUT2D eigenvalue weighted by Crippen LogP contribution is -2.52. The molecule has 1 heterocycles. The van der Waals surface area contributed by atoms with Gasteiger partial charge in [-0.25, -0.2) is 10.4 Å². The molecule has 4 aromatic rings. The maximum atomic E-state index is 14.4. The topological polar surface area (TPSA) is 118 Å². The number of esters is 1. The summed E-state index contributed by atoms with van der Waals surface area (Å²) in [6.45, 7) is 6.08. The van der Waals surface area contributed by atoms with E-state index >= 15 is 0 Å². The van der Waals surface area contributed by atoms with Crippen molar-refractivity contribution >= 4 is 51.7 Å². The van der Waals surface area contributed by atoms with Crippen molar-refractivity contribution in [3.8, 4) is 5.75 Å². The normalized spacial score (nSPS) is 17.5. The largest absolute Gasteiger partial charge is 0.494 e. The van der Waals surface area contributed by atoms with Gasteiger partial charge in [-0.15, -0.1) is 0 Å². The first-order valence-corrected chi connectivity index (χ1v) is 16.5. The van der Waals surface area contributed by atoms with Crippen LogP contribution < -0.4 is 15.6 Å². The molecule has 0 radical (unpaired) electrons. The van der Waals surface area contributed by atoms with Crippen molar-refractivity contribution in [2.24, 2.45) is 4.99 Å². The molecule has 0 unspecified atom stereocenters. The highest BCUT2D eigenvalue weighted by molar-refractivity contribution is 6.35. The van der Waals surface area contributed by atoms with Crippen molar-refractivity contribution < 1.29 is 28.9 Å². The summed E-state index contributed by atoms with van der Waals surface area (Å²) >= 11 is 13.0. The predicted octanol–water partition coefficient (Wildman–Crippen LogP) is 7.11. The Bertz CT molecular complexity index is 1790.